The minimum Gasteiger partial charge on any atom is -0.469 e. The number of carbonyl (C=O) groups is 2. The molecule has 27 heavy (non-hydrogen) atoms. The van der Waals surface area contributed by atoms with Gasteiger partial charge in [-0.05, 0) is 43.2 Å². The van der Waals surface area contributed by atoms with Crippen molar-refractivity contribution >= 4 is 17.6 Å². The van der Waals surface area contributed by atoms with Gasteiger partial charge in [0.2, 0.25) is 0 Å². The van der Waals surface area contributed by atoms with Crippen molar-refractivity contribution in [2.75, 3.05) is 31.6 Å². The fraction of sp³-hybridized carbons (Fsp3) is 0.400. The molecule has 1 unspecified atom stereocenters. The Balaban J connectivity index is 1.34. The summed E-state index contributed by atoms with van der Waals surface area (Å²) in [5.74, 6) is 0.946. The molecule has 1 atom stereocenters. The first-order valence-corrected chi connectivity index (χ1v) is 9.31. The molecule has 3 amide bonds. The number of nitrogens with one attached hydrogen (secondary N) is 2. The van der Waals surface area contributed by atoms with Gasteiger partial charge in [-0.25, -0.2) is 4.79 Å². The molecule has 1 aliphatic carbocycles. The third-order valence-electron chi connectivity index (χ3n) is 5.05. The maximum Gasteiger partial charge on any atom is 0.319 e. The van der Waals surface area contributed by atoms with Crippen molar-refractivity contribution in [3.05, 3.63) is 53.5 Å². The van der Waals surface area contributed by atoms with E-state index in [9.17, 15) is 9.59 Å². The number of hydrogen-bond acceptors (Lipinski definition) is 4. The first kappa shape index (κ1) is 17.6. The third kappa shape index (κ3) is 3.98. The predicted molar refractivity (Wildman–Crippen MR) is 99.7 cm³/mol. The Morgan fingerprint density at radius 2 is 1.85 bits per heavy atom. The number of benzene rings is 1. The number of anilines is 1. The van der Waals surface area contributed by atoms with Gasteiger partial charge >= 0.3 is 6.03 Å². The Bertz CT molecular complexity index is 809. The number of rotatable bonds is 3. The van der Waals surface area contributed by atoms with E-state index in [1.54, 1.807) is 35.4 Å². The summed E-state index contributed by atoms with van der Waals surface area (Å²) in [5.41, 5.74) is 2.32. The Labute approximate surface area is 157 Å². The molecule has 2 N–H and O–H groups in total. The monoisotopic (exact) mass is 369 g/mol. The number of carbonyl (C=O) groups excluding carboxylic acids is 2. The number of amides is 3. The number of fused-ring (bicyclic) bond motifs is 1. The first-order chi connectivity index (χ1) is 13.2. The standard InChI is InChI=1S/C20H23N3O4/c24-19(23-9-12-26-13-10-23)14-4-6-15(7-5-14)21-20(25)22-17-2-1-3-18-16(17)8-11-27-18/h4-8,11,17H,1-3,9-10,12-13H2,(H2,21,22,25). The van der Waals surface area contributed by atoms with E-state index in [1.807, 2.05) is 6.07 Å². The maximum absolute atomic E-state index is 12.4. The van der Waals surface area contributed by atoms with Gasteiger partial charge in [0.05, 0.1) is 25.5 Å². The van der Waals surface area contributed by atoms with E-state index in [2.05, 4.69) is 10.6 Å². The summed E-state index contributed by atoms with van der Waals surface area (Å²) in [6.45, 7) is 2.37. The van der Waals surface area contributed by atoms with E-state index < -0.39 is 0 Å². The lowest BCUT2D eigenvalue weighted by Crippen LogP contribution is -2.40. The molecule has 1 aliphatic heterocycles. The van der Waals surface area contributed by atoms with Gasteiger partial charge in [0, 0.05) is 36.3 Å². The highest BCUT2D eigenvalue weighted by molar-refractivity contribution is 5.95. The van der Waals surface area contributed by atoms with Crippen molar-refractivity contribution in [3.8, 4) is 0 Å². The fourth-order valence-corrected chi connectivity index (χ4v) is 3.61. The third-order valence-corrected chi connectivity index (χ3v) is 5.05. The largest absolute Gasteiger partial charge is 0.469 e. The molecule has 4 rings (SSSR count). The minimum absolute atomic E-state index is 0.0102. The summed E-state index contributed by atoms with van der Waals surface area (Å²) in [5, 5.41) is 5.83. The van der Waals surface area contributed by atoms with Crippen molar-refractivity contribution in [2.24, 2.45) is 0 Å². The average molecular weight is 369 g/mol. The summed E-state index contributed by atoms with van der Waals surface area (Å²) < 4.78 is 10.7. The summed E-state index contributed by atoms with van der Waals surface area (Å²) in [4.78, 5) is 26.6. The molecule has 1 saturated heterocycles. The first-order valence-electron chi connectivity index (χ1n) is 9.31. The number of urea groups is 1. The molecule has 7 nitrogen and oxygen atoms in total. The maximum atomic E-state index is 12.4. The summed E-state index contributed by atoms with van der Waals surface area (Å²) in [6, 6.07) is 8.60. The van der Waals surface area contributed by atoms with Crippen molar-refractivity contribution in [3.63, 3.8) is 0 Å². The molecule has 1 fully saturated rings. The molecule has 1 aromatic carbocycles. The smallest absolute Gasteiger partial charge is 0.319 e. The Morgan fingerprint density at radius 3 is 2.63 bits per heavy atom. The molecule has 0 radical (unpaired) electrons. The van der Waals surface area contributed by atoms with Crippen molar-refractivity contribution < 1.29 is 18.7 Å². The van der Waals surface area contributed by atoms with Gasteiger partial charge in [0.15, 0.2) is 0 Å². The van der Waals surface area contributed by atoms with E-state index >= 15 is 0 Å². The fourth-order valence-electron chi connectivity index (χ4n) is 3.61. The van der Waals surface area contributed by atoms with Crippen molar-refractivity contribution in [2.45, 2.75) is 25.3 Å². The lowest BCUT2D eigenvalue weighted by Gasteiger charge is -2.27. The highest BCUT2D eigenvalue weighted by Gasteiger charge is 2.24. The Morgan fingerprint density at radius 1 is 1.07 bits per heavy atom. The van der Waals surface area contributed by atoms with Crippen molar-refractivity contribution in [1.82, 2.24) is 10.2 Å². The molecular weight excluding hydrogens is 346 g/mol. The van der Waals surface area contributed by atoms with Crippen LogP contribution in [0.4, 0.5) is 10.5 Å². The van der Waals surface area contributed by atoms with Gasteiger partial charge in [-0.3, -0.25) is 4.79 Å². The number of aryl methyl sites for hydroxylation is 1. The van der Waals surface area contributed by atoms with Crippen LogP contribution in [0.2, 0.25) is 0 Å². The van der Waals surface area contributed by atoms with Crippen LogP contribution in [0.25, 0.3) is 0 Å². The zero-order valence-electron chi connectivity index (χ0n) is 15.1. The molecule has 0 spiro atoms. The number of morpholine rings is 1. The van der Waals surface area contributed by atoms with Crippen LogP contribution in [-0.4, -0.2) is 43.1 Å². The van der Waals surface area contributed by atoms with E-state index in [0.717, 1.165) is 30.6 Å². The summed E-state index contributed by atoms with van der Waals surface area (Å²) in [7, 11) is 0. The molecular formula is C20H23N3O4. The molecule has 142 valence electrons. The molecule has 7 heteroatoms. The SMILES string of the molecule is O=C(Nc1ccc(C(=O)N2CCOCC2)cc1)NC1CCCc2occc21. The Kier molecular flexibility index (Phi) is 5.11. The van der Waals surface area contributed by atoms with Gasteiger partial charge < -0.3 is 24.7 Å². The van der Waals surface area contributed by atoms with Crippen LogP contribution in [0, 0.1) is 0 Å². The quantitative estimate of drug-likeness (QED) is 0.871. The zero-order chi connectivity index (χ0) is 18.6. The van der Waals surface area contributed by atoms with Crippen LogP contribution in [0.1, 0.15) is 40.6 Å². The molecule has 0 saturated carbocycles. The van der Waals surface area contributed by atoms with Gasteiger partial charge in [-0.2, -0.15) is 0 Å². The van der Waals surface area contributed by atoms with Crippen LogP contribution >= 0.6 is 0 Å². The van der Waals surface area contributed by atoms with Gasteiger partial charge in [0.25, 0.3) is 5.91 Å². The van der Waals surface area contributed by atoms with Crippen LogP contribution < -0.4 is 10.6 Å². The van der Waals surface area contributed by atoms with E-state index in [1.165, 1.54) is 0 Å². The van der Waals surface area contributed by atoms with Gasteiger partial charge in [0.1, 0.15) is 5.76 Å². The van der Waals surface area contributed by atoms with Crippen LogP contribution in [0.3, 0.4) is 0 Å². The zero-order valence-corrected chi connectivity index (χ0v) is 15.1. The van der Waals surface area contributed by atoms with Gasteiger partial charge in [-0.15, -0.1) is 0 Å². The minimum atomic E-state index is -0.263. The second kappa shape index (κ2) is 7.84. The van der Waals surface area contributed by atoms with Crippen LogP contribution in [0.15, 0.2) is 41.0 Å². The number of nitrogens with zero attached hydrogens (tertiary/aromatic N) is 1. The predicted octanol–water partition coefficient (Wildman–Crippen LogP) is 2.95. The van der Waals surface area contributed by atoms with E-state index in [-0.39, 0.29) is 18.0 Å². The Hall–Kier alpha value is -2.80. The second-order valence-corrected chi connectivity index (χ2v) is 6.82. The lowest BCUT2D eigenvalue weighted by molar-refractivity contribution is 0.0303. The molecule has 0 bridgehead atoms. The number of hydrogen-bond donors (Lipinski definition) is 2. The van der Waals surface area contributed by atoms with Crippen molar-refractivity contribution in [1.29, 1.82) is 0 Å². The van der Waals surface area contributed by atoms with E-state index in [0.29, 0.717) is 37.6 Å². The molecule has 2 aromatic rings. The molecule has 2 aliphatic rings. The summed E-state index contributed by atoms with van der Waals surface area (Å²) in [6.07, 6.45) is 4.48. The highest BCUT2D eigenvalue weighted by atomic mass is 16.5. The van der Waals surface area contributed by atoms with Gasteiger partial charge in [-0.1, -0.05) is 0 Å². The lowest BCUT2D eigenvalue weighted by atomic mass is 9.93. The average Bonchev–Trinajstić information content (AvgIpc) is 3.19. The highest BCUT2D eigenvalue weighted by Crippen LogP contribution is 2.30. The molecule has 1 aromatic heterocycles. The second-order valence-electron chi connectivity index (χ2n) is 6.82. The topological polar surface area (TPSA) is 83.8 Å². The van der Waals surface area contributed by atoms with Crippen LogP contribution in [0.5, 0.6) is 0 Å². The summed E-state index contributed by atoms with van der Waals surface area (Å²) >= 11 is 0. The normalized spacial score (nSPS) is 19.3. The number of furan rings is 1. The van der Waals surface area contributed by atoms with E-state index in [4.69, 9.17) is 9.15 Å². The molecule has 2 heterocycles. The van der Waals surface area contributed by atoms with Crippen LogP contribution in [-0.2, 0) is 11.2 Å². The number of ether oxygens (including phenoxy) is 1.